The van der Waals surface area contributed by atoms with Crippen molar-refractivity contribution in [3.63, 3.8) is 0 Å². The summed E-state index contributed by atoms with van der Waals surface area (Å²) in [6.07, 6.45) is 0. The summed E-state index contributed by atoms with van der Waals surface area (Å²) in [6.45, 7) is 4.46. The second-order valence-electron chi connectivity index (χ2n) is 3.46. The van der Waals surface area contributed by atoms with Gasteiger partial charge in [0.25, 0.3) is 0 Å². The first-order valence-electron chi connectivity index (χ1n) is 4.90. The van der Waals surface area contributed by atoms with Gasteiger partial charge in [-0.2, -0.15) is 0 Å². The van der Waals surface area contributed by atoms with Crippen molar-refractivity contribution < 1.29 is 0 Å². The highest BCUT2D eigenvalue weighted by Crippen LogP contribution is 2.14. The maximum absolute atomic E-state index is 5.74. The van der Waals surface area contributed by atoms with Crippen molar-refractivity contribution in [2.45, 2.75) is 13.5 Å². The number of nitrogens with one attached hydrogen (secondary N) is 1. The molecule has 0 saturated heterocycles. The van der Waals surface area contributed by atoms with E-state index in [9.17, 15) is 0 Å². The largest absolute Gasteiger partial charge is 0.368 e. The average molecular weight is 189 g/mol. The molecule has 0 fully saturated rings. The third-order valence-corrected chi connectivity index (χ3v) is 2.54. The number of amidine groups is 1. The maximum Gasteiger partial charge on any atom is 0.128 e. The van der Waals surface area contributed by atoms with E-state index in [0.717, 1.165) is 24.5 Å². The smallest absolute Gasteiger partial charge is 0.128 e. The van der Waals surface area contributed by atoms with Crippen molar-refractivity contribution in [1.82, 2.24) is 5.32 Å². The number of rotatable bonds is 2. The molecule has 0 aromatic heterocycles. The number of aryl methyl sites for hydroxylation is 1. The van der Waals surface area contributed by atoms with E-state index in [-0.39, 0.29) is 0 Å². The molecule has 1 heterocycles. The van der Waals surface area contributed by atoms with Crippen LogP contribution in [0.5, 0.6) is 0 Å². The van der Waals surface area contributed by atoms with Gasteiger partial charge in [-0.3, -0.25) is 4.99 Å². The highest BCUT2D eigenvalue weighted by molar-refractivity contribution is 6.01. The van der Waals surface area contributed by atoms with Crippen molar-refractivity contribution in [3.8, 4) is 0 Å². The van der Waals surface area contributed by atoms with Crippen LogP contribution in [0, 0.1) is 6.92 Å². The Labute approximate surface area is 84.0 Å². The van der Waals surface area contributed by atoms with E-state index in [1.54, 1.807) is 0 Å². The lowest BCUT2D eigenvalue weighted by atomic mass is 10.0. The number of nitrogens with two attached hydrogens (primary N) is 1. The van der Waals surface area contributed by atoms with Gasteiger partial charge in [0.2, 0.25) is 0 Å². The first kappa shape index (κ1) is 9.21. The molecule has 0 spiro atoms. The molecule has 1 aromatic rings. The predicted molar refractivity (Wildman–Crippen MR) is 58.5 cm³/mol. The quantitative estimate of drug-likeness (QED) is 0.723. The van der Waals surface area contributed by atoms with Crippen LogP contribution >= 0.6 is 0 Å². The maximum atomic E-state index is 5.74. The van der Waals surface area contributed by atoms with E-state index < -0.39 is 0 Å². The molecule has 0 amide bonds. The van der Waals surface area contributed by atoms with Crippen LogP contribution in [0.3, 0.4) is 0 Å². The molecule has 74 valence electrons. The zero-order valence-electron chi connectivity index (χ0n) is 8.38. The molecule has 0 saturated carbocycles. The van der Waals surface area contributed by atoms with Gasteiger partial charge >= 0.3 is 0 Å². The molecule has 0 bridgehead atoms. The van der Waals surface area contributed by atoms with Gasteiger partial charge in [-0.25, -0.2) is 0 Å². The Morgan fingerprint density at radius 3 is 3.00 bits per heavy atom. The fourth-order valence-electron chi connectivity index (χ4n) is 1.77. The van der Waals surface area contributed by atoms with Crippen LogP contribution in [0.1, 0.15) is 16.7 Å². The molecule has 3 heteroatoms. The Morgan fingerprint density at radius 1 is 1.50 bits per heavy atom. The van der Waals surface area contributed by atoms with Gasteiger partial charge < -0.3 is 11.1 Å². The summed E-state index contributed by atoms with van der Waals surface area (Å²) in [5.74, 6) is 0.995. The SMILES string of the molecule is Cc1cccc(C2=NCCN2)c1CN. The number of hydrogen-bond donors (Lipinski definition) is 2. The minimum Gasteiger partial charge on any atom is -0.368 e. The molecular weight excluding hydrogens is 174 g/mol. The van der Waals surface area contributed by atoms with Crippen molar-refractivity contribution >= 4 is 5.84 Å². The van der Waals surface area contributed by atoms with E-state index >= 15 is 0 Å². The standard InChI is InChI=1S/C11H15N3/c1-8-3-2-4-9(10(8)7-12)11-13-5-6-14-11/h2-4H,5-7,12H2,1H3,(H,13,14). The molecule has 0 aliphatic carbocycles. The topological polar surface area (TPSA) is 50.4 Å². The van der Waals surface area contributed by atoms with E-state index in [0.29, 0.717) is 6.54 Å². The van der Waals surface area contributed by atoms with Crippen molar-refractivity contribution in [3.05, 3.63) is 34.9 Å². The Kier molecular flexibility index (Phi) is 2.50. The average Bonchev–Trinajstić information content (AvgIpc) is 2.70. The number of aliphatic imine (C=N–C) groups is 1. The molecule has 3 N–H and O–H groups in total. The van der Waals surface area contributed by atoms with E-state index in [2.05, 4.69) is 29.4 Å². The summed E-state index contributed by atoms with van der Waals surface area (Å²) in [5.41, 5.74) is 9.33. The van der Waals surface area contributed by atoms with Crippen LogP contribution in [0.2, 0.25) is 0 Å². The van der Waals surface area contributed by atoms with E-state index in [1.807, 2.05) is 6.07 Å². The van der Waals surface area contributed by atoms with Crippen LogP contribution < -0.4 is 11.1 Å². The van der Waals surface area contributed by atoms with Crippen LogP contribution in [0.25, 0.3) is 0 Å². The van der Waals surface area contributed by atoms with Gasteiger partial charge in [-0.1, -0.05) is 18.2 Å². The molecule has 1 aliphatic rings. The molecular formula is C11H15N3. The molecule has 1 aliphatic heterocycles. The highest BCUT2D eigenvalue weighted by Gasteiger charge is 2.12. The van der Waals surface area contributed by atoms with E-state index in [1.165, 1.54) is 11.1 Å². The summed E-state index contributed by atoms with van der Waals surface area (Å²) < 4.78 is 0. The Bertz CT molecular complexity index is 369. The second kappa shape index (κ2) is 3.80. The Balaban J connectivity index is 2.46. The molecule has 2 rings (SSSR count). The van der Waals surface area contributed by atoms with Crippen LogP contribution in [0.15, 0.2) is 23.2 Å². The molecule has 14 heavy (non-hydrogen) atoms. The fraction of sp³-hybridized carbons (Fsp3) is 0.364. The first-order valence-corrected chi connectivity index (χ1v) is 4.90. The first-order chi connectivity index (χ1) is 6.83. The third-order valence-electron chi connectivity index (χ3n) is 2.54. The number of nitrogens with zero attached hydrogens (tertiary/aromatic N) is 1. The summed E-state index contributed by atoms with van der Waals surface area (Å²) >= 11 is 0. The highest BCUT2D eigenvalue weighted by atomic mass is 15.1. The summed E-state index contributed by atoms with van der Waals surface area (Å²) in [4.78, 5) is 4.41. The van der Waals surface area contributed by atoms with Crippen LogP contribution in [-0.4, -0.2) is 18.9 Å². The molecule has 0 atom stereocenters. The zero-order chi connectivity index (χ0) is 9.97. The van der Waals surface area contributed by atoms with Gasteiger partial charge in [-0.15, -0.1) is 0 Å². The van der Waals surface area contributed by atoms with Gasteiger partial charge in [0.15, 0.2) is 0 Å². The summed E-state index contributed by atoms with van der Waals surface area (Å²) in [7, 11) is 0. The summed E-state index contributed by atoms with van der Waals surface area (Å²) in [5, 5.41) is 3.27. The number of hydrogen-bond acceptors (Lipinski definition) is 3. The lowest BCUT2D eigenvalue weighted by Gasteiger charge is -2.10. The van der Waals surface area contributed by atoms with Gasteiger partial charge in [0, 0.05) is 18.7 Å². The van der Waals surface area contributed by atoms with Crippen molar-refractivity contribution in [2.75, 3.05) is 13.1 Å². The monoisotopic (exact) mass is 189 g/mol. The zero-order valence-corrected chi connectivity index (χ0v) is 8.38. The second-order valence-corrected chi connectivity index (χ2v) is 3.46. The lowest BCUT2D eigenvalue weighted by Crippen LogP contribution is -2.22. The Morgan fingerprint density at radius 2 is 2.36 bits per heavy atom. The number of benzene rings is 1. The molecule has 1 aromatic carbocycles. The van der Waals surface area contributed by atoms with Crippen molar-refractivity contribution in [2.24, 2.45) is 10.7 Å². The predicted octanol–water partition coefficient (Wildman–Crippen LogP) is 0.804. The fourth-order valence-corrected chi connectivity index (χ4v) is 1.77. The minimum atomic E-state index is 0.572. The lowest BCUT2D eigenvalue weighted by molar-refractivity contribution is 0.957. The minimum absolute atomic E-state index is 0.572. The molecule has 3 nitrogen and oxygen atoms in total. The normalized spacial score (nSPS) is 15.1. The third kappa shape index (κ3) is 1.51. The van der Waals surface area contributed by atoms with Gasteiger partial charge in [0.1, 0.15) is 5.84 Å². The Hall–Kier alpha value is -1.35. The van der Waals surface area contributed by atoms with Crippen LogP contribution in [-0.2, 0) is 6.54 Å². The molecule has 0 radical (unpaired) electrons. The van der Waals surface area contributed by atoms with E-state index in [4.69, 9.17) is 5.73 Å². The van der Waals surface area contributed by atoms with Crippen LogP contribution in [0.4, 0.5) is 0 Å². The van der Waals surface area contributed by atoms with Gasteiger partial charge in [-0.05, 0) is 18.1 Å². The van der Waals surface area contributed by atoms with Crippen molar-refractivity contribution in [1.29, 1.82) is 0 Å². The molecule has 0 unspecified atom stereocenters. The van der Waals surface area contributed by atoms with Gasteiger partial charge in [0.05, 0.1) is 6.54 Å². The summed E-state index contributed by atoms with van der Waals surface area (Å²) in [6, 6.07) is 6.21.